The first-order valence-corrected chi connectivity index (χ1v) is 12.6. The van der Waals surface area contributed by atoms with Crippen LogP contribution >= 0.6 is 28.4 Å². The van der Waals surface area contributed by atoms with Crippen LogP contribution in [0.1, 0.15) is 42.0 Å². The lowest BCUT2D eigenvalue weighted by molar-refractivity contribution is -0.117. The number of fused-ring (bicyclic) bond motifs is 2. The number of benzene rings is 2. The van der Waals surface area contributed by atoms with Gasteiger partial charge in [-0.25, -0.2) is 4.45 Å². The van der Waals surface area contributed by atoms with Gasteiger partial charge in [-0.15, -0.1) is 0 Å². The number of carbonyl (C=O) groups excluding carboxylic acids is 1. The maximum atomic E-state index is 12.4. The summed E-state index contributed by atoms with van der Waals surface area (Å²) >= 11 is 2.32. The lowest BCUT2D eigenvalue weighted by Gasteiger charge is -2.12. The molecule has 2 aromatic carbocycles. The van der Waals surface area contributed by atoms with E-state index in [0.717, 1.165) is 22.9 Å². The summed E-state index contributed by atoms with van der Waals surface area (Å²) in [6.45, 7) is 2.22. The second-order valence-corrected chi connectivity index (χ2v) is 8.66. The molecule has 1 aromatic heterocycles. The molecule has 0 saturated heterocycles. The SMILES string of the molecule is CC1CC(NC(=O)/C=C/c2ccc3cnn(PI)c3c2)c2ccccc21. The van der Waals surface area contributed by atoms with Crippen LogP contribution in [0.25, 0.3) is 17.0 Å². The highest BCUT2D eigenvalue weighted by molar-refractivity contribution is 14.2. The van der Waals surface area contributed by atoms with Gasteiger partial charge in [0, 0.05) is 11.5 Å². The van der Waals surface area contributed by atoms with Crippen molar-refractivity contribution in [1.29, 1.82) is 0 Å². The Balaban J connectivity index is 1.48. The minimum atomic E-state index is -0.0525. The van der Waals surface area contributed by atoms with Crippen LogP contribution in [-0.4, -0.2) is 15.5 Å². The molecule has 3 atom stereocenters. The second-order valence-electron chi connectivity index (χ2n) is 6.62. The average molecular weight is 475 g/mol. The number of hydrogen-bond acceptors (Lipinski definition) is 2. The molecule has 0 aliphatic heterocycles. The second kappa shape index (κ2) is 7.49. The Kier molecular flexibility index (Phi) is 5.09. The first-order valence-electron chi connectivity index (χ1n) is 8.57. The molecular weight excluding hydrogens is 456 g/mol. The third-order valence-electron chi connectivity index (χ3n) is 4.91. The van der Waals surface area contributed by atoms with E-state index in [-0.39, 0.29) is 11.9 Å². The smallest absolute Gasteiger partial charge is 0.244 e. The molecule has 3 aromatic rings. The van der Waals surface area contributed by atoms with Gasteiger partial charge in [0.1, 0.15) is 0 Å². The van der Waals surface area contributed by atoms with Crippen LogP contribution in [0.2, 0.25) is 0 Å². The molecule has 0 radical (unpaired) electrons. The molecule has 3 unspecified atom stereocenters. The summed E-state index contributed by atoms with van der Waals surface area (Å²) in [7, 11) is 0. The normalized spacial score (nSPS) is 19.6. The zero-order valence-electron chi connectivity index (χ0n) is 14.3. The summed E-state index contributed by atoms with van der Waals surface area (Å²) in [5.74, 6) is 0.431. The third-order valence-corrected chi connectivity index (χ3v) is 6.80. The lowest BCUT2D eigenvalue weighted by atomic mass is 10.0. The Morgan fingerprint density at radius 2 is 2.12 bits per heavy atom. The number of rotatable bonds is 4. The van der Waals surface area contributed by atoms with Crippen molar-refractivity contribution in [2.75, 3.05) is 0 Å². The molecule has 6 heteroatoms. The monoisotopic (exact) mass is 475 g/mol. The fourth-order valence-electron chi connectivity index (χ4n) is 3.62. The van der Waals surface area contributed by atoms with Crippen LogP contribution in [0.4, 0.5) is 0 Å². The Morgan fingerprint density at radius 1 is 1.31 bits per heavy atom. The quantitative estimate of drug-likeness (QED) is 0.320. The molecule has 0 saturated carbocycles. The minimum absolute atomic E-state index is 0.0525. The van der Waals surface area contributed by atoms with Gasteiger partial charge in [0.25, 0.3) is 0 Å². The number of nitrogens with zero attached hydrogens (tertiary/aromatic N) is 2. The van der Waals surface area contributed by atoms with Crippen LogP contribution in [0.3, 0.4) is 0 Å². The molecule has 1 aliphatic rings. The zero-order valence-corrected chi connectivity index (χ0v) is 17.5. The standard InChI is InChI=1S/C20H19IN3OP/c1-13-10-18(17-5-3-2-4-16(13)17)23-20(25)9-7-14-6-8-15-12-22-24(26-21)19(15)11-14/h2-9,11-13,18,26H,10H2,1H3,(H,23,25)/b9-7+. The fourth-order valence-corrected chi connectivity index (χ4v) is 5.16. The molecule has 26 heavy (non-hydrogen) atoms. The van der Waals surface area contributed by atoms with Gasteiger partial charge in [-0.3, -0.25) is 4.79 Å². The van der Waals surface area contributed by atoms with E-state index in [1.165, 1.54) is 11.1 Å². The molecule has 0 spiro atoms. The van der Waals surface area contributed by atoms with E-state index >= 15 is 0 Å². The zero-order chi connectivity index (χ0) is 18.1. The molecule has 132 valence electrons. The summed E-state index contributed by atoms with van der Waals surface area (Å²) < 4.78 is 1.98. The summed E-state index contributed by atoms with van der Waals surface area (Å²) in [6.07, 6.45) is 6.88. The van der Waals surface area contributed by atoms with Crippen molar-refractivity contribution >= 4 is 51.3 Å². The van der Waals surface area contributed by atoms with E-state index in [4.69, 9.17) is 0 Å². The molecule has 1 heterocycles. The number of nitrogens with one attached hydrogen (secondary N) is 1. The molecule has 4 nitrogen and oxygen atoms in total. The minimum Gasteiger partial charge on any atom is -0.346 e. The van der Waals surface area contributed by atoms with Crippen LogP contribution in [0.5, 0.6) is 0 Å². The summed E-state index contributed by atoms with van der Waals surface area (Å²) in [6, 6.07) is 14.6. The van der Waals surface area contributed by atoms with Gasteiger partial charge in [-0.05, 0) is 63.2 Å². The topological polar surface area (TPSA) is 46.9 Å². The molecule has 0 bridgehead atoms. The van der Waals surface area contributed by atoms with E-state index in [2.05, 4.69) is 63.6 Å². The van der Waals surface area contributed by atoms with Crippen molar-refractivity contribution in [3.05, 3.63) is 71.4 Å². The van der Waals surface area contributed by atoms with Crippen molar-refractivity contribution < 1.29 is 4.79 Å². The van der Waals surface area contributed by atoms with E-state index < -0.39 is 0 Å². The van der Waals surface area contributed by atoms with Crippen molar-refractivity contribution in [2.45, 2.75) is 25.3 Å². The molecule has 1 N–H and O–H groups in total. The number of aromatic nitrogens is 2. The number of carbonyl (C=O) groups is 1. The Hall–Kier alpha value is -1.72. The van der Waals surface area contributed by atoms with Crippen molar-refractivity contribution in [2.24, 2.45) is 0 Å². The van der Waals surface area contributed by atoms with Crippen molar-refractivity contribution in [3.8, 4) is 0 Å². The van der Waals surface area contributed by atoms with Gasteiger partial charge in [0.15, 0.2) is 0 Å². The van der Waals surface area contributed by atoms with Crippen molar-refractivity contribution in [1.82, 2.24) is 14.9 Å². The Bertz CT molecular complexity index is 998. The summed E-state index contributed by atoms with van der Waals surface area (Å²) in [4.78, 5) is 12.4. The first-order chi connectivity index (χ1) is 12.7. The molecule has 1 aliphatic carbocycles. The highest BCUT2D eigenvalue weighted by Crippen LogP contribution is 2.39. The highest BCUT2D eigenvalue weighted by Gasteiger charge is 2.28. The molecule has 1 amide bonds. The number of hydrogen-bond donors (Lipinski definition) is 1. The molecular formula is C20H19IN3OP. The largest absolute Gasteiger partial charge is 0.346 e. The van der Waals surface area contributed by atoms with Crippen LogP contribution < -0.4 is 5.32 Å². The summed E-state index contributed by atoms with van der Waals surface area (Å²) in [5, 5.41) is 8.63. The number of amides is 1. The molecule has 0 fully saturated rings. The lowest BCUT2D eigenvalue weighted by Crippen LogP contribution is -2.25. The van der Waals surface area contributed by atoms with E-state index in [9.17, 15) is 4.79 Å². The maximum Gasteiger partial charge on any atom is 0.244 e. The van der Waals surface area contributed by atoms with Crippen LogP contribution in [-0.2, 0) is 4.79 Å². The summed E-state index contributed by atoms with van der Waals surface area (Å²) in [5.41, 5.74) is 4.69. The maximum absolute atomic E-state index is 12.4. The van der Waals surface area contributed by atoms with E-state index in [1.807, 2.05) is 34.9 Å². The predicted molar refractivity (Wildman–Crippen MR) is 117 cm³/mol. The number of halogens is 1. The third kappa shape index (κ3) is 3.42. The van der Waals surface area contributed by atoms with Gasteiger partial charge in [-0.1, -0.05) is 43.3 Å². The van der Waals surface area contributed by atoms with Gasteiger partial charge in [0.2, 0.25) is 5.91 Å². The first kappa shape index (κ1) is 17.7. The Morgan fingerprint density at radius 3 is 2.92 bits per heavy atom. The fraction of sp³-hybridized carbons (Fsp3) is 0.200. The van der Waals surface area contributed by atoms with E-state index in [1.54, 1.807) is 6.08 Å². The van der Waals surface area contributed by atoms with Crippen LogP contribution in [0, 0.1) is 0 Å². The van der Waals surface area contributed by atoms with Crippen LogP contribution in [0.15, 0.2) is 54.7 Å². The Labute approximate surface area is 167 Å². The van der Waals surface area contributed by atoms with Gasteiger partial charge < -0.3 is 5.32 Å². The average Bonchev–Trinajstić information content (AvgIpc) is 3.21. The highest BCUT2D eigenvalue weighted by atomic mass is 127. The van der Waals surface area contributed by atoms with Gasteiger partial charge in [0.05, 0.1) is 24.1 Å². The van der Waals surface area contributed by atoms with Gasteiger partial charge in [-0.2, -0.15) is 5.10 Å². The van der Waals surface area contributed by atoms with Gasteiger partial charge >= 0.3 is 0 Å². The predicted octanol–water partition coefficient (Wildman–Crippen LogP) is 5.21. The van der Waals surface area contributed by atoms with E-state index in [0.29, 0.717) is 12.3 Å². The van der Waals surface area contributed by atoms with Crippen molar-refractivity contribution in [3.63, 3.8) is 0 Å². The molecule has 4 rings (SSSR count).